The largest absolute Gasteiger partial charge is 0.465 e. The summed E-state index contributed by atoms with van der Waals surface area (Å²) in [6, 6.07) is 12.9. The van der Waals surface area contributed by atoms with Gasteiger partial charge in [0.15, 0.2) is 5.25 Å². The first kappa shape index (κ1) is 21.7. The number of hydrogen-bond acceptors (Lipinski definition) is 3. The van der Waals surface area contributed by atoms with E-state index in [0.29, 0.717) is 19.8 Å². The molecule has 8 heteroatoms. The Morgan fingerprint density at radius 3 is 1.70 bits per heavy atom. The molecule has 0 saturated carbocycles. The molecule has 0 bridgehead atoms. The van der Waals surface area contributed by atoms with Crippen molar-refractivity contribution in [2.45, 2.75) is 28.4 Å². The van der Waals surface area contributed by atoms with Gasteiger partial charge in [-0.15, -0.1) is 0 Å². The molecule has 0 aliphatic rings. The Kier molecular flexibility index (Phi) is 7.25. The van der Waals surface area contributed by atoms with E-state index in [2.05, 4.69) is 0 Å². The van der Waals surface area contributed by atoms with Crippen LogP contribution in [0.3, 0.4) is 0 Å². The van der Waals surface area contributed by atoms with Gasteiger partial charge in [0.25, 0.3) is 6.43 Å². The van der Waals surface area contributed by atoms with Crippen molar-refractivity contribution >= 4 is 45.0 Å². The lowest BCUT2D eigenvalue weighted by atomic mass is 10.3. The molecule has 146 valence electrons. The molecule has 1 atom stereocenters. The molecule has 2 rings (SSSR count). The SMILES string of the molecule is CCOC(=O)C(C(=O)C(F)F)S(C)(c1ccc(Cl)cc1)c1ccc(Cl)cc1. The van der Waals surface area contributed by atoms with Crippen LogP contribution in [-0.4, -0.2) is 36.3 Å². The zero-order valence-corrected chi connectivity index (χ0v) is 17.0. The zero-order valence-electron chi connectivity index (χ0n) is 14.6. The predicted molar refractivity (Wildman–Crippen MR) is 104 cm³/mol. The number of halogens is 4. The Morgan fingerprint density at radius 2 is 1.37 bits per heavy atom. The fourth-order valence-corrected chi connectivity index (χ4v) is 6.21. The smallest absolute Gasteiger partial charge is 0.326 e. The average Bonchev–Trinajstić information content (AvgIpc) is 2.62. The third kappa shape index (κ3) is 4.62. The summed E-state index contributed by atoms with van der Waals surface area (Å²) in [4.78, 5) is 26.1. The first-order valence-electron chi connectivity index (χ1n) is 7.98. The van der Waals surface area contributed by atoms with Gasteiger partial charge in [-0.25, -0.2) is 8.78 Å². The fourth-order valence-electron chi connectivity index (χ4n) is 2.72. The van der Waals surface area contributed by atoms with E-state index in [1.165, 1.54) is 0 Å². The van der Waals surface area contributed by atoms with Gasteiger partial charge in [-0.05, 0) is 71.5 Å². The van der Waals surface area contributed by atoms with E-state index in [1.54, 1.807) is 61.7 Å². The molecular weight excluding hydrogens is 417 g/mol. The van der Waals surface area contributed by atoms with Gasteiger partial charge in [-0.3, -0.25) is 9.59 Å². The van der Waals surface area contributed by atoms with Crippen molar-refractivity contribution in [1.29, 1.82) is 0 Å². The number of hydrogen-bond donors (Lipinski definition) is 0. The third-order valence-electron chi connectivity index (χ3n) is 4.05. The van der Waals surface area contributed by atoms with Gasteiger partial charge in [0.1, 0.15) is 0 Å². The van der Waals surface area contributed by atoms with Gasteiger partial charge in [0.05, 0.1) is 6.61 Å². The number of rotatable bonds is 7. The van der Waals surface area contributed by atoms with Crippen LogP contribution in [0.5, 0.6) is 0 Å². The molecule has 0 radical (unpaired) electrons. The number of carbonyl (C=O) groups excluding carboxylic acids is 2. The van der Waals surface area contributed by atoms with Gasteiger partial charge in [0.2, 0.25) is 5.78 Å². The molecule has 0 N–H and O–H groups in total. The number of esters is 1. The Balaban J connectivity index is 2.74. The minimum absolute atomic E-state index is 0.0252. The van der Waals surface area contributed by atoms with Crippen molar-refractivity contribution in [1.82, 2.24) is 0 Å². The molecule has 0 saturated heterocycles. The highest BCUT2D eigenvalue weighted by atomic mass is 35.5. The van der Waals surface area contributed by atoms with Gasteiger partial charge >= 0.3 is 5.97 Å². The first-order valence-corrected chi connectivity index (χ1v) is 10.8. The molecule has 0 aliphatic heterocycles. The van der Waals surface area contributed by atoms with Crippen LogP contribution in [0.2, 0.25) is 10.0 Å². The van der Waals surface area contributed by atoms with Crippen molar-refractivity contribution < 1.29 is 23.1 Å². The lowest BCUT2D eigenvalue weighted by Gasteiger charge is -2.41. The van der Waals surface area contributed by atoms with E-state index in [-0.39, 0.29) is 6.61 Å². The quantitative estimate of drug-likeness (QED) is 0.419. The van der Waals surface area contributed by atoms with Gasteiger partial charge in [-0.1, -0.05) is 23.2 Å². The number of ketones is 1. The van der Waals surface area contributed by atoms with E-state index in [9.17, 15) is 18.4 Å². The number of carbonyl (C=O) groups is 2. The summed E-state index contributed by atoms with van der Waals surface area (Å²) >= 11 is 11.9. The van der Waals surface area contributed by atoms with Crippen LogP contribution < -0.4 is 0 Å². The second-order valence-electron chi connectivity index (χ2n) is 5.72. The van der Waals surface area contributed by atoms with Gasteiger partial charge in [0, 0.05) is 10.0 Å². The highest BCUT2D eigenvalue weighted by Crippen LogP contribution is 2.64. The molecule has 0 heterocycles. The number of benzene rings is 2. The van der Waals surface area contributed by atoms with Crippen LogP contribution in [0, 0.1) is 0 Å². The maximum absolute atomic E-state index is 13.4. The summed E-state index contributed by atoms with van der Waals surface area (Å²) in [5.74, 6) is -2.43. The summed E-state index contributed by atoms with van der Waals surface area (Å²) in [5, 5.41) is -0.756. The van der Waals surface area contributed by atoms with Crippen LogP contribution in [0.4, 0.5) is 8.78 Å². The second-order valence-corrected chi connectivity index (χ2v) is 9.98. The molecule has 3 nitrogen and oxygen atoms in total. The van der Waals surface area contributed by atoms with Crippen LogP contribution in [0.1, 0.15) is 6.92 Å². The third-order valence-corrected chi connectivity index (χ3v) is 8.43. The average molecular weight is 435 g/mol. The molecule has 0 aromatic heterocycles. The standard InChI is InChI=1S/C19H18Cl2F2O3S/c1-3-26-19(25)17(16(24)18(22)23)27(2,14-8-4-12(20)5-9-14)15-10-6-13(21)7-11-15/h4-11,17-18H,3H2,1-2H3. The molecule has 0 fully saturated rings. The van der Waals surface area contributed by atoms with Gasteiger partial charge < -0.3 is 4.74 Å². The summed E-state index contributed by atoms with van der Waals surface area (Å²) in [6.07, 6.45) is -1.66. The van der Waals surface area contributed by atoms with Crippen LogP contribution >= 0.6 is 33.2 Å². The topological polar surface area (TPSA) is 43.4 Å². The minimum Gasteiger partial charge on any atom is -0.465 e. The lowest BCUT2D eigenvalue weighted by molar-refractivity contribution is -0.147. The highest BCUT2D eigenvalue weighted by Gasteiger charge is 2.46. The Hall–Kier alpha value is -1.63. The molecule has 2 aromatic carbocycles. The molecular formula is C19H18Cl2F2O3S. The fraction of sp³-hybridized carbons (Fsp3) is 0.263. The lowest BCUT2D eigenvalue weighted by Crippen LogP contribution is -2.40. The van der Waals surface area contributed by atoms with E-state index in [0.717, 1.165) is 0 Å². The number of alkyl halides is 2. The minimum atomic E-state index is -3.30. The predicted octanol–water partition coefficient (Wildman–Crippen LogP) is 5.61. The second kappa shape index (κ2) is 9.04. The Morgan fingerprint density at radius 1 is 0.963 bits per heavy atom. The molecule has 0 aliphatic carbocycles. The highest BCUT2D eigenvalue weighted by molar-refractivity contribution is 8.34. The summed E-state index contributed by atoms with van der Waals surface area (Å²) in [6.45, 7) is 1.53. The molecule has 1 unspecified atom stereocenters. The summed E-state index contributed by atoms with van der Waals surface area (Å²) in [7, 11) is -2.56. The maximum Gasteiger partial charge on any atom is 0.326 e. The van der Waals surface area contributed by atoms with Crippen molar-refractivity contribution in [2.75, 3.05) is 12.9 Å². The van der Waals surface area contributed by atoms with E-state index in [4.69, 9.17) is 27.9 Å². The number of Topliss-reactive ketones (excluding diaryl/α,β-unsaturated/α-hetero) is 1. The normalized spacial score (nSPS) is 13.3. The van der Waals surface area contributed by atoms with Crippen molar-refractivity contribution in [3.8, 4) is 0 Å². The Labute approximate surface area is 167 Å². The van der Waals surface area contributed by atoms with Crippen molar-refractivity contribution in [3.63, 3.8) is 0 Å². The molecule has 0 spiro atoms. The number of ether oxygens (including phenoxy) is 1. The maximum atomic E-state index is 13.4. The molecule has 0 amide bonds. The summed E-state index contributed by atoms with van der Waals surface area (Å²) in [5.41, 5.74) is 0. The van der Waals surface area contributed by atoms with Crippen LogP contribution in [0.15, 0.2) is 58.3 Å². The van der Waals surface area contributed by atoms with Crippen LogP contribution in [0.25, 0.3) is 0 Å². The van der Waals surface area contributed by atoms with Crippen molar-refractivity contribution in [2.24, 2.45) is 0 Å². The Bertz CT molecular complexity index is 765. The summed E-state index contributed by atoms with van der Waals surface area (Å²) < 4.78 is 31.8. The zero-order chi connectivity index (χ0) is 20.2. The molecule has 27 heavy (non-hydrogen) atoms. The van der Waals surface area contributed by atoms with Crippen LogP contribution in [-0.2, 0) is 14.3 Å². The van der Waals surface area contributed by atoms with Gasteiger partial charge in [-0.2, -0.15) is 10.0 Å². The monoisotopic (exact) mass is 434 g/mol. The van der Waals surface area contributed by atoms with E-state index >= 15 is 0 Å². The van der Waals surface area contributed by atoms with E-state index in [1.807, 2.05) is 0 Å². The molecule has 2 aromatic rings. The van der Waals surface area contributed by atoms with Crippen molar-refractivity contribution in [3.05, 3.63) is 58.6 Å². The first-order chi connectivity index (χ1) is 12.7. The van der Waals surface area contributed by atoms with E-state index < -0.39 is 33.5 Å².